The molecule has 0 fully saturated rings. The number of hydrogen-bond acceptors (Lipinski definition) is 5. The number of nitrogens with zero attached hydrogens (tertiary/aromatic N) is 1. The summed E-state index contributed by atoms with van der Waals surface area (Å²) in [4.78, 5) is 37.9. The van der Waals surface area contributed by atoms with Crippen molar-refractivity contribution in [3.8, 4) is 0 Å². The van der Waals surface area contributed by atoms with Gasteiger partial charge in [0.1, 0.15) is 11.4 Å². The first-order valence-corrected chi connectivity index (χ1v) is 7.96. The van der Waals surface area contributed by atoms with Crippen molar-refractivity contribution in [2.75, 3.05) is 19.0 Å². The highest BCUT2D eigenvalue weighted by atomic mass is 32.1. The molecule has 0 radical (unpaired) electrons. The molecule has 24 heavy (non-hydrogen) atoms. The Morgan fingerprint density at radius 3 is 2.62 bits per heavy atom. The first-order chi connectivity index (χ1) is 11.5. The van der Waals surface area contributed by atoms with Crippen LogP contribution in [-0.4, -0.2) is 36.3 Å². The van der Waals surface area contributed by atoms with Crippen molar-refractivity contribution in [2.45, 2.75) is 0 Å². The second kappa shape index (κ2) is 6.29. The van der Waals surface area contributed by atoms with Crippen molar-refractivity contribution in [3.63, 3.8) is 0 Å². The van der Waals surface area contributed by atoms with E-state index in [0.29, 0.717) is 21.8 Å². The number of carbonyl (C=O) groups is 3. The highest BCUT2D eigenvalue weighted by Gasteiger charge is 2.32. The Morgan fingerprint density at radius 1 is 1.25 bits per heavy atom. The predicted molar refractivity (Wildman–Crippen MR) is 90.8 cm³/mol. The van der Waals surface area contributed by atoms with Gasteiger partial charge in [-0.25, -0.2) is 4.79 Å². The maximum absolute atomic E-state index is 12.4. The highest BCUT2D eigenvalue weighted by Crippen LogP contribution is 2.31. The average molecular weight is 342 g/mol. The van der Waals surface area contributed by atoms with Crippen LogP contribution in [0, 0.1) is 0 Å². The van der Waals surface area contributed by atoms with Crippen molar-refractivity contribution < 1.29 is 19.1 Å². The van der Waals surface area contributed by atoms with E-state index in [4.69, 9.17) is 0 Å². The van der Waals surface area contributed by atoms with Crippen LogP contribution >= 0.6 is 11.3 Å². The molecule has 0 bridgehead atoms. The van der Waals surface area contributed by atoms with Gasteiger partial charge in [0.25, 0.3) is 5.91 Å². The molecule has 0 saturated carbocycles. The van der Waals surface area contributed by atoms with Crippen LogP contribution in [0.4, 0.5) is 5.69 Å². The van der Waals surface area contributed by atoms with Crippen molar-refractivity contribution in [2.24, 2.45) is 0 Å². The van der Waals surface area contributed by atoms with Gasteiger partial charge in [0.2, 0.25) is 5.91 Å². The van der Waals surface area contributed by atoms with E-state index in [1.165, 1.54) is 23.3 Å². The Hall–Kier alpha value is -2.93. The third-order valence-corrected chi connectivity index (χ3v) is 4.55. The molecular weight excluding hydrogens is 328 g/mol. The number of rotatable bonds is 4. The Labute approximate surface area is 142 Å². The molecular formula is C17H14N2O4S. The van der Waals surface area contributed by atoms with Crippen molar-refractivity contribution in [1.82, 2.24) is 4.90 Å². The van der Waals surface area contributed by atoms with E-state index < -0.39 is 11.9 Å². The van der Waals surface area contributed by atoms with Gasteiger partial charge in [0.15, 0.2) is 0 Å². The molecule has 0 saturated heterocycles. The van der Waals surface area contributed by atoms with Gasteiger partial charge in [0.05, 0.1) is 12.8 Å². The molecule has 2 amide bonds. The summed E-state index contributed by atoms with van der Waals surface area (Å²) in [5.41, 5.74) is 2.11. The normalized spacial score (nSPS) is 13.0. The fourth-order valence-electron chi connectivity index (χ4n) is 2.49. The van der Waals surface area contributed by atoms with Crippen LogP contribution in [0.1, 0.15) is 25.6 Å². The lowest BCUT2D eigenvalue weighted by Crippen LogP contribution is -2.32. The fraction of sp³-hybridized carbons (Fsp3) is 0.118. The Bertz CT molecular complexity index is 821. The highest BCUT2D eigenvalue weighted by molar-refractivity contribution is 7.12. The standard InChI is InChI=1S/C17H14N2O4S/c1-10-11-5-3-4-6-12(11)16(21)19(10)9-14(20)18-13-7-8-24-15(13)17(22)23-2/h3-8H,1,9H2,2H3,(H,18,20). The van der Waals surface area contributed by atoms with Crippen LogP contribution in [0.15, 0.2) is 42.3 Å². The molecule has 0 atom stereocenters. The lowest BCUT2D eigenvalue weighted by atomic mass is 10.1. The molecule has 2 aromatic rings. The molecule has 0 unspecified atom stereocenters. The molecule has 1 aliphatic rings. The smallest absolute Gasteiger partial charge is 0.350 e. The number of amides is 2. The Kier molecular flexibility index (Phi) is 4.18. The van der Waals surface area contributed by atoms with Gasteiger partial charge < -0.3 is 10.1 Å². The summed E-state index contributed by atoms with van der Waals surface area (Å²) < 4.78 is 4.67. The number of thiophene rings is 1. The molecule has 1 N–H and O–H groups in total. The minimum atomic E-state index is -0.519. The van der Waals surface area contributed by atoms with Gasteiger partial charge >= 0.3 is 5.97 Å². The Balaban J connectivity index is 1.73. The molecule has 1 aliphatic heterocycles. The van der Waals surface area contributed by atoms with E-state index >= 15 is 0 Å². The zero-order chi connectivity index (χ0) is 17.3. The van der Waals surface area contributed by atoms with E-state index in [2.05, 4.69) is 16.6 Å². The van der Waals surface area contributed by atoms with Crippen molar-refractivity contribution in [3.05, 3.63) is 58.3 Å². The van der Waals surface area contributed by atoms with Gasteiger partial charge in [-0.1, -0.05) is 24.8 Å². The average Bonchev–Trinajstić information content (AvgIpc) is 3.13. The first kappa shape index (κ1) is 15.9. The van der Waals surface area contributed by atoms with E-state index in [9.17, 15) is 14.4 Å². The Morgan fingerprint density at radius 2 is 1.96 bits per heavy atom. The third-order valence-electron chi connectivity index (χ3n) is 3.65. The topological polar surface area (TPSA) is 75.7 Å². The number of carbonyl (C=O) groups excluding carboxylic acids is 3. The summed E-state index contributed by atoms with van der Waals surface area (Å²) in [6, 6.07) is 8.69. The van der Waals surface area contributed by atoms with E-state index in [0.717, 1.165) is 5.56 Å². The molecule has 0 spiro atoms. The second-order valence-corrected chi connectivity index (χ2v) is 6.00. The maximum Gasteiger partial charge on any atom is 0.350 e. The van der Waals surface area contributed by atoms with E-state index in [1.807, 2.05) is 6.07 Å². The van der Waals surface area contributed by atoms with Crippen molar-refractivity contribution >= 4 is 40.5 Å². The maximum atomic E-state index is 12.4. The monoisotopic (exact) mass is 342 g/mol. The number of fused-ring (bicyclic) bond motifs is 1. The summed E-state index contributed by atoms with van der Waals surface area (Å²) in [6.45, 7) is 3.71. The minimum absolute atomic E-state index is 0.178. The molecule has 7 heteroatoms. The molecule has 3 rings (SSSR count). The number of nitrogens with one attached hydrogen (secondary N) is 1. The molecule has 1 aromatic heterocycles. The second-order valence-electron chi connectivity index (χ2n) is 5.09. The van der Waals surface area contributed by atoms with Gasteiger partial charge in [-0.3, -0.25) is 14.5 Å². The number of anilines is 1. The number of hydrogen-bond donors (Lipinski definition) is 1. The predicted octanol–water partition coefficient (Wildman–Crippen LogP) is 2.60. The van der Waals surface area contributed by atoms with E-state index in [1.54, 1.807) is 29.6 Å². The van der Waals surface area contributed by atoms with Gasteiger partial charge in [-0.05, 0) is 17.5 Å². The van der Waals surface area contributed by atoms with E-state index in [-0.39, 0.29) is 12.5 Å². The first-order valence-electron chi connectivity index (χ1n) is 7.08. The SMILES string of the molecule is C=C1c2ccccc2C(=O)N1CC(=O)Nc1ccsc1C(=O)OC. The van der Waals surface area contributed by atoms with Crippen LogP contribution < -0.4 is 5.32 Å². The van der Waals surface area contributed by atoms with Crippen LogP contribution in [0.3, 0.4) is 0 Å². The van der Waals surface area contributed by atoms with Gasteiger partial charge in [-0.15, -0.1) is 11.3 Å². The summed E-state index contributed by atoms with van der Waals surface area (Å²) >= 11 is 1.17. The third kappa shape index (κ3) is 2.69. The summed E-state index contributed by atoms with van der Waals surface area (Å²) in [6.07, 6.45) is 0. The largest absolute Gasteiger partial charge is 0.465 e. The zero-order valence-corrected chi connectivity index (χ0v) is 13.7. The quantitative estimate of drug-likeness (QED) is 0.867. The zero-order valence-electron chi connectivity index (χ0n) is 12.9. The molecule has 6 nitrogen and oxygen atoms in total. The lowest BCUT2D eigenvalue weighted by molar-refractivity contribution is -0.116. The number of methoxy groups -OCH3 is 1. The number of ether oxygens (including phenoxy) is 1. The molecule has 1 aromatic carbocycles. The minimum Gasteiger partial charge on any atom is -0.465 e. The molecule has 2 heterocycles. The summed E-state index contributed by atoms with van der Waals surface area (Å²) in [7, 11) is 1.28. The number of benzene rings is 1. The van der Waals surface area contributed by atoms with Crippen LogP contribution in [0.25, 0.3) is 5.70 Å². The van der Waals surface area contributed by atoms with Crippen LogP contribution in [0.2, 0.25) is 0 Å². The van der Waals surface area contributed by atoms with Crippen molar-refractivity contribution in [1.29, 1.82) is 0 Å². The summed E-state index contributed by atoms with van der Waals surface area (Å²) in [5.74, 6) is -1.19. The van der Waals surface area contributed by atoms with Crippen LogP contribution in [0.5, 0.6) is 0 Å². The fourth-order valence-corrected chi connectivity index (χ4v) is 3.26. The molecule has 0 aliphatic carbocycles. The number of esters is 1. The van der Waals surface area contributed by atoms with Gasteiger partial charge in [0, 0.05) is 16.8 Å². The summed E-state index contributed by atoms with van der Waals surface area (Å²) in [5, 5.41) is 4.31. The van der Waals surface area contributed by atoms with Gasteiger partial charge in [-0.2, -0.15) is 0 Å². The lowest BCUT2D eigenvalue weighted by Gasteiger charge is -2.16. The van der Waals surface area contributed by atoms with Crippen LogP contribution in [-0.2, 0) is 9.53 Å². The molecule has 122 valence electrons.